The van der Waals surface area contributed by atoms with Crippen LogP contribution in [0.15, 0.2) is 48.5 Å². The molecule has 0 unspecified atom stereocenters. The summed E-state index contributed by atoms with van der Waals surface area (Å²) >= 11 is 6.10. The molecule has 0 radical (unpaired) electrons. The van der Waals surface area contributed by atoms with Gasteiger partial charge in [0.25, 0.3) is 0 Å². The van der Waals surface area contributed by atoms with E-state index in [-0.39, 0.29) is 11.8 Å². The molecule has 1 aromatic heterocycles. The smallest absolute Gasteiger partial charge is 0.321 e. The van der Waals surface area contributed by atoms with Crippen LogP contribution in [0.2, 0.25) is 5.02 Å². The number of carbonyl (C=O) groups excluding carboxylic acids is 1. The number of para-hydroxylation sites is 1. The predicted molar refractivity (Wildman–Crippen MR) is 106 cm³/mol. The van der Waals surface area contributed by atoms with Crippen molar-refractivity contribution in [3.63, 3.8) is 0 Å². The molecular formula is C19H19ClFN7O. The van der Waals surface area contributed by atoms with Gasteiger partial charge in [-0.2, -0.15) is 4.68 Å². The van der Waals surface area contributed by atoms with Gasteiger partial charge in [0, 0.05) is 26.2 Å². The summed E-state index contributed by atoms with van der Waals surface area (Å²) in [4.78, 5) is 16.4. The third kappa shape index (κ3) is 4.52. The van der Waals surface area contributed by atoms with E-state index < -0.39 is 0 Å². The first-order chi connectivity index (χ1) is 14.1. The topological polar surface area (TPSA) is 79.2 Å². The van der Waals surface area contributed by atoms with Crippen LogP contribution in [-0.2, 0) is 6.54 Å². The molecule has 0 bridgehead atoms. The van der Waals surface area contributed by atoms with Gasteiger partial charge in [-0.15, -0.1) is 5.10 Å². The van der Waals surface area contributed by atoms with E-state index in [9.17, 15) is 9.18 Å². The highest BCUT2D eigenvalue weighted by Crippen LogP contribution is 2.21. The van der Waals surface area contributed by atoms with Gasteiger partial charge >= 0.3 is 6.03 Å². The molecule has 0 aliphatic carbocycles. The van der Waals surface area contributed by atoms with Gasteiger partial charge < -0.3 is 10.2 Å². The molecule has 29 heavy (non-hydrogen) atoms. The third-order valence-corrected chi connectivity index (χ3v) is 5.07. The highest BCUT2D eigenvalue weighted by atomic mass is 35.5. The van der Waals surface area contributed by atoms with E-state index in [0.717, 1.165) is 0 Å². The monoisotopic (exact) mass is 415 g/mol. The molecule has 1 saturated heterocycles. The van der Waals surface area contributed by atoms with Gasteiger partial charge in [-0.25, -0.2) is 9.18 Å². The molecule has 2 amide bonds. The van der Waals surface area contributed by atoms with E-state index in [4.69, 9.17) is 11.6 Å². The first-order valence-electron chi connectivity index (χ1n) is 9.16. The number of carbonyl (C=O) groups is 1. The standard InChI is InChI=1S/C19H19ClFN7O/c20-16-3-1-2-4-17(16)22-19(29)27-11-9-26(10-12-27)13-18-23-24-25-28(18)15-7-5-14(21)6-8-15/h1-8H,9-13H2,(H,22,29). The number of nitrogens with zero attached hydrogens (tertiary/aromatic N) is 6. The van der Waals surface area contributed by atoms with Gasteiger partial charge in [-0.05, 0) is 46.8 Å². The predicted octanol–water partition coefficient (Wildman–Crippen LogP) is 2.80. The zero-order valence-electron chi connectivity index (χ0n) is 15.5. The Hall–Kier alpha value is -3.04. The van der Waals surface area contributed by atoms with Gasteiger partial charge in [-0.1, -0.05) is 23.7 Å². The average molecular weight is 416 g/mol. The zero-order chi connectivity index (χ0) is 20.2. The lowest BCUT2D eigenvalue weighted by molar-refractivity contribution is 0.140. The third-order valence-electron chi connectivity index (χ3n) is 4.75. The van der Waals surface area contributed by atoms with Crippen LogP contribution in [0.4, 0.5) is 14.9 Å². The van der Waals surface area contributed by atoms with E-state index in [1.807, 2.05) is 12.1 Å². The largest absolute Gasteiger partial charge is 0.322 e. The fourth-order valence-electron chi connectivity index (χ4n) is 3.15. The lowest BCUT2D eigenvalue weighted by Crippen LogP contribution is -2.49. The number of hydrogen-bond donors (Lipinski definition) is 1. The molecule has 1 fully saturated rings. The van der Waals surface area contributed by atoms with Crippen LogP contribution in [-0.4, -0.2) is 62.2 Å². The molecule has 8 nitrogen and oxygen atoms in total. The molecule has 10 heteroatoms. The van der Waals surface area contributed by atoms with E-state index in [1.165, 1.54) is 12.1 Å². The minimum Gasteiger partial charge on any atom is -0.322 e. The van der Waals surface area contributed by atoms with Crippen molar-refractivity contribution in [1.82, 2.24) is 30.0 Å². The van der Waals surface area contributed by atoms with E-state index in [0.29, 0.717) is 54.9 Å². The maximum atomic E-state index is 13.1. The fraction of sp³-hybridized carbons (Fsp3) is 0.263. The van der Waals surface area contributed by atoms with E-state index in [2.05, 4.69) is 25.7 Å². The number of hydrogen-bond acceptors (Lipinski definition) is 5. The number of rotatable bonds is 4. The first-order valence-corrected chi connectivity index (χ1v) is 9.54. The Labute approximate surface area is 171 Å². The maximum Gasteiger partial charge on any atom is 0.321 e. The SMILES string of the molecule is O=C(Nc1ccccc1Cl)N1CCN(Cc2nnnn2-c2ccc(F)cc2)CC1. The van der Waals surface area contributed by atoms with Crippen molar-refractivity contribution in [3.8, 4) is 5.69 Å². The van der Waals surface area contributed by atoms with Crippen LogP contribution in [0.25, 0.3) is 5.69 Å². The number of anilines is 1. The number of halogens is 2. The molecule has 2 heterocycles. The van der Waals surface area contributed by atoms with Crippen LogP contribution < -0.4 is 5.32 Å². The molecule has 0 atom stereocenters. The van der Waals surface area contributed by atoms with Crippen molar-refractivity contribution in [2.24, 2.45) is 0 Å². The number of urea groups is 1. The quantitative estimate of drug-likeness (QED) is 0.708. The minimum absolute atomic E-state index is 0.172. The summed E-state index contributed by atoms with van der Waals surface area (Å²) in [5, 5.41) is 15.2. The molecular weight excluding hydrogens is 397 g/mol. The minimum atomic E-state index is -0.311. The van der Waals surface area contributed by atoms with Gasteiger partial charge in [0.1, 0.15) is 5.82 Å². The first kappa shape index (κ1) is 19.3. The molecule has 150 valence electrons. The normalized spacial score (nSPS) is 14.8. The van der Waals surface area contributed by atoms with Gasteiger partial charge in [0.2, 0.25) is 0 Å². The van der Waals surface area contributed by atoms with Crippen LogP contribution in [0.5, 0.6) is 0 Å². The average Bonchev–Trinajstić information content (AvgIpc) is 3.19. The number of aromatic nitrogens is 4. The molecule has 1 aliphatic heterocycles. The second kappa shape index (κ2) is 8.54. The lowest BCUT2D eigenvalue weighted by atomic mass is 10.3. The molecule has 0 saturated carbocycles. The van der Waals surface area contributed by atoms with Crippen molar-refractivity contribution in [2.45, 2.75) is 6.54 Å². The number of benzene rings is 2. The molecule has 2 aromatic carbocycles. The summed E-state index contributed by atoms with van der Waals surface area (Å²) in [6, 6.07) is 13.0. The Balaban J connectivity index is 1.34. The van der Waals surface area contributed by atoms with E-state index >= 15 is 0 Å². The van der Waals surface area contributed by atoms with Gasteiger partial charge in [-0.3, -0.25) is 4.90 Å². The molecule has 4 rings (SSSR count). The summed E-state index contributed by atoms with van der Waals surface area (Å²) in [7, 11) is 0. The fourth-order valence-corrected chi connectivity index (χ4v) is 3.34. The van der Waals surface area contributed by atoms with Crippen molar-refractivity contribution in [1.29, 1.82) is 0 Å². The van der Waals surface area contributed by atoms with Crippen LogP contribution in [0.3, 0.4) is 0 Å². The number of tetrazole rings is 1. The highest BCUT2D eigenvalue weighted by molar-refractivity contribution is 6.33. The maximum absolute atomic E-state index is 13.1. The lowest BCUT2D eigenvalue weighted by Gasteiger charge is -2.34. The zero-order valence-corrected chi connectivity index (χ0v) is 16.3. The number of nitrogens with one attached hydrogen (secondary N) is 1. The summed E-state index contributed by atoms with van der Waals surface area (Å²) < 4.78 is 14.7. The second-order valence-electron chi connectivity index (χ2n) is 6.66. The summed E-state index contributed by atoms with van der Waals surface area (Å²) in [6.45, 7) is 3.06. The summed E-state index contributed by atoms with van der Waals surface area (Å²) in [5.41, 5.74) is 1.30. The highest BCUT2D eigenvalue weighted by Gasteiger charge is 2.23. The van der Waals surface area contributed by atoms with Gasteiger partial charge in [0.05, 0.1) is 22.9 Å². The molecule has 1 N–H and O–H groups in total. The molecule has 1 aliphatic rings. The van der Waals surface area contributed by atoms with Crippen molar-refractivity contribution < 1.29 is 9.18 Å². The number of piperazine rings is 1. The Morgan fingerprint density at radius 3 is 2.52 bits per heavy atom. The Bertz CT molecular complexity index is 986. The molecule has 0 spiro atoms. The summed E-state index contributed by atoms with van der Waals surface area (Å²) in [5.74, 6) is 0.347. The van der Waals surface area contributed by atoms with Crippen molar-refractivity contribution in [3.05, 3.63) is 65.2 Å². The Kier molecular flexibility index (Phi) is 5.68. The van der Waals surface area contributed by atoms with Crippen LogP contribution in [0.1, 0.15) is 5.82 Å². The Morgan fingerprint density at radius 2 is 1.79 bits per heavy atom. The second-order valence-corrected chi connectivity index (χ2v) is 7.06. The van der Waals surface area contributed by atoms with Gasteiger partial charge in [0.15, 0.2) is 5.82 Å². The molecule has 3 aromatic rings. The van der Waals surface area contributed by atoms with E-state index in [1.54, 1.807) is 33.8 Å². The van der Waals surface area contributed by atoms with Crippen molar-refractivity contribution in [2.75, 3.05) is 31.5 Å². The number of amides is 2. The Morgan fingerprint density at radius 1 is 1.07 bits per heavy atom. The summed E-state index contributed by atoms with van der Waals surface area (Å²) in [6.07, 6.45) is 0. The van der Waals surface area contributed by atoms with Crippen molar-refractivity contribution >= 4 is 23.3 Å². The van der Waals surface area contributed by atoms with Crippen LogP contribution in [0, 0.1) is 5.82 Å². The van der Waals surface area contributed by atoms with Crippen LogP contribution >= 0.6 is 11.6 Å².